The Hall–Kier alpha value is -4.43. The normalized spacial score (nSPS) is 10.9. The Morgan fingerprint density at radius 1 is 1.00 bits per heavy atom. The van der Waals surface area contributed by atoms with Gasteiger partial charge in [0, 0.05) is 34.7 Å². The molecule has 8 nitrogen and oxygen atoms in total. The lowest BCUT2D eigenvalue weighted by Gasteiger charge is -2.11. The second-order valence-corrected chi connectivity index (χ2v) is 8.76. The first-order chi connectivity index (χ1) is 17.5. The molecule has 0 saturated carbocycles. The number of benzene rings is 3. The Bertz CT molecular complexity index is 1520. The molecule has 2 heterocycles. The minimum Gasteiger partial charge on any atom is -0.332 e. The van der Waals surface area contributed by atoms with E-state index in [0.717, 1.165) is 22.3 Å². The molecule has 5 aromatic rings. The van der Waals surface area contributed by atoms with Crippen LogP contribution in [0.4, 0.5) is 16.2 Å². The summed E-state index contributed by atoms with van der Waals surface area (Å²) in [6.45, 7) is 4.46. The fraction of sp³-hybridized carbons (Fsp3) is 0.111. The van der Waals surface area contributed by atoms with Crippen molar-refractivity contribution >= 4 is 29.0 Å². The molecule has 9 heteroatoms. The van der Waals surface area contributed by atoms with Gasteiger partial charge in [-0.1, -0.05) is 59.2 Å². The van der Waals surface area contributed by atoms with E-state index in [0.29, 0.717) is 40.4 Å². The zero-order valence-corrected chi connectivity index (χ0v) is 20.5. The van der Waals surface area contributed by atoms with Crippen molar-refractivity contribution in [2.75, 3.05) is 10.6 Å². The van der Waals surface area contributed by atoms with Crippen LogP contribution in [0, 0.1) is 13.8 Å². The van der Waals surface area contributed by atoms with E-state index in [2.05, 4.69) is 25.8 Å². The lowest BCUT2D eigenvalue weighted by atomic mass is 10.1. The summed E-state index contributed by atoms with van der Waals surface area (Å²) in [7, 11) is 0. The van der Waals surface area contributed by atoms with Gasteiger partial charge >= 0.3 is 6.03 Å². The molecule has 0 bridgehead atoms. The third-order valence-electron chi connectivity index (χ3n) is 5.76. The molecule has 0 atom stereocenters. The van der Waals surface area contributed by atoms with Gasteiger partial charge in [-0.2, -0.15) is 4.98 Å². The SMILES string of the molecule is Cc1ccccc1-c1noc(-c2cn(Cc3ccc(NC(=O)Nc4cccc(Cl)c4C)cc3)cn2)n1. The van der Waals surface area contributed by atoms with Crippen molar-refractivity contribution < 1.29 is 9.32 Å². The Labute approximate surface area is 213 Å². The van der Waals surface area contributed by atoms with Crippen molar-refractivity contribution in [3.63, 3.8) is 0 Å². The zero-order valence-electron chi connectivity index (χ0n) is 19.7. The number of rotatable bonds is 6. The van der Waals surface area contributed by atoms with Gasteiger partial charge in [0.25, 0.3) is 5.89 Å². The summed E-state index contributed by atoms with van der Waals surface area (Å²) >= 11 is 6.12. The number of hydrogen-bond donors (Lipinski definition) is 2. The summed E-state index contributed by atoms with van der Waals surface area (Å²) in [4.78, 5) is 21.3. The van der Waals surface area contributed by atoms with Crippen LogP contribution in [0.5, 0.6) is 0 Å². The van der Waals surface area contributed by atoms with E-state index in [9.17, 15) is 4.79 Å². The molecule has 0 aliphatic carbocycles. The number of imidazole rings is 1. The average molecular weight is 499 g/mol. The van der Waals surface area contributed by atoms with Crippen molar-refractivity contribution in [2.45, 2.75) is 20.4 Å². The predicted octanol–water partition coefficient (Wildman–Crippen LogP) is 6.56. The Morgan fingerprint density at radius 2 is 1.81 bits per heavy atom. The summed E-state index contributed by atoms with van der Waals surface area (Å²) < 4.78 is 7.38. The van der Waals surface area contributed by atoms with Gasteiger partial charge in [-0.3, -0.25) is 0 Å². The minimum absolute atomic E-state index is 0.336. The standard InChI is InChI=1S/C27H23ClN6O2/c1-17-6-3-4-7-21(17)25-32-26(36-33-25)24-15-34(16-29-24)14-19-10-12-20(13-11-19)30-27(35)31-23-9-5-8-22(28)18(23)2/h3-13,15-16H,14H2,1-2H3,(H2,30,31,35). The maximum atomic E-state index is 12.4. The van der Waals surface area contributed by atoms with E-state index in [4.69, 9.17) is 16.1 Å². The van der Waals surface area contributed by atoms with Gasteiger partial charge in [0.05, 0.1) is 6.33 Å². The first-order valence-electron chi connectivity index (χ1n) is 11.3. The van der Waals surface area contributed by atoms with Crippen LogP contribution < -0.4 is 10.6 Å². The highest BCUT2D eigenvalue weighted by Gasteiger charge is 2.14. The van der Waals surface area contributed by atoms with Crippen LogP contribution in [-0.2, 0) is 6.54 Å². The highest BCUT2D eigenvalue weighted by molar-refractivity contribution is 6.31. The molecular formula is C27H23ClN6O2. The minimum atomic E-state index is -0.336. The molecule has 0 radical (unpaired) electrons. The van der Waals surface area contributed by atoms with Crippen LogP contribution >= 0.6 is 11.6 Å². The van der Waals surface area contributed by atoms with Crippen LogP contribution in [0.1, 0.15) is 16.7 Å². The van der Waals surface area contributed by atoms with E-state index in [1.54, 1.807) is 24.5 Å². The number of urea groups is 1. The van der Waals surface area contributed by atoms with E-state index in [1.807, 2.05) is 73.1 Å². The summed E-state index contributed by atoms with van der Waals surface area (Å²) in [5.41, 5.74) is 5.81. The Kier molecular flexibility index (Phi) is 6.51. The number of carbonyl (C=O) groups is 1. The maximum absolute atomic E-state index is 12.4. The smallest absolute Gasteiger partial charge is 0.323 e. The molecular weight excluding hydrogens is 476 g/mol. The molecule has 3 aromatic carbocycles. The third kappa shape index (κ3) is 5.13. The van der Waals surface area contributed by atoms with E-state index >= 15 is 0 Å². The molecule has 180 valence electrons. The molecule has 0 unspecified atom stereocenters. The van der Waals surface area contributed by atoms with Crippen LogP contribution in [-0.4, -0.2) is 25.7 Å². The third-order valence-corrected chi connectivity index (χ3v) is 6.17. The molecule has 0 spiro atoms. The van der Waals surface area contributed by atoms with Crippen molar-refractivity contribution in [1.82, 2.24) is 19.7 Å². The van der Waals surface area contributed by atoms with Crippen molar-refractivity contribution in [3.05, 3.63) is 101 Å². The highest BCUT2D eigenvalue weighted by atomic mass is 35.5. The van der Waals surface area contributed by atoms with Gasteiger partial charge in [0.1, 0.15) is 5.69 Å². The molecule has 0 aliphatic rings. The van der Waals surface area contributed by atoms with Crippen molar-refractivity contribution in [3.8, 4) is 23.0 Å². The quantitative estimate of drug-likeness (QED) is 0.276. The fourth-order valence-corrected chi connectivity index (χ4v) is 3.92. The summed E-state index contributed by atoms with van der Waals surface area (Å²) in [6, 6.07) is 20.5. The summed E-state index contributed by atoms with van der Waals surface area (Å²) in [5, 5.41) is 10.4. The number of hydrogen-bond acceptors (Lipinski definition) is 5. The number of carbonyl (C=O) groups excluding carboxylic acids is 1. The zero-order chi connectivity index (χ0) is 25.1. The molecule has 36 heavy (non-hydrogen) atoms. The van der Waals surface area contributed by atoms with Crippen molar-refractivity contribution in [1.29, 1.82) is 0 Å². The first-order valence-corrected chi connectivity index (χ1v) is 11.7. The van der Waals surface area contributed by atoms with Crippen LogP contribution in [0.2, 0.25) is 5.02 Å². The van der Waals surface area contributed by atoms with E-state index < -0.39 is 0 Å². The van der Waals surface area contributed by atoms with Gasteiger partial charge in [-0.15, -0.1) is 0 Å². The van der Waals surface area contributed by atoms with Gasteiger partial charge in [-0.25, -0.2) is 9.78 Å². The lowest BCUT2D eigenvalue weighted by molar-refractivity contribution is 0.262. The fourth-order valence-electron chi connectivity index (χ4n) is 3.75. The number of nitrogens with zero attached hydrogens (tertiary/aromatic N) is 4. The largest absolute Gasteiger partial charge is 0.332 e. The van der Waals surface area contributed by atoms with E-state index in [-0.39, 0.29) is 6.03 Å². The van der Waals surface area contributed by atoms with Gasteiger partial charge in [-0.05, 0) is 54.8 Å². The van der Waals surface area contributed by atoms with Gasteiger partial charge in [0.15, 0.2) is 0 Å². The number of anilines is 2. The average Bonchev–Trinajstić information content (AvgIpc) is 3.53. The summed E-state index contributed by atoms with van der Waals surface area (Å²) in [5.74, 6) is 0.905. The molecule has 2 aromatic heterocycles. The monoisotopic (exact) mass is 498 g/mol. The second-order valence-electron chi connectivity index (χ2n) is 8.36. The summed E-state index contributed by atoms with van der Waals surface area (Å²) in [6.07, 6.45) is 3.59. The molecule has 0 saturated heterocycles. The van der Waals surface area contributed by atoms with Crippen molar-refractivity contribution in [2.24, 2.45) is 0 Å². The van der Waals surface area contributed by atoms with Gasteiger partial charge in [0.2, 0.25) is 5.82 Å². The number of amides is 2. The number of halogens is 1. The molecule has 2 amide bonds. The second kappa shape index (κ2) is 10.1. The molecule has 0 fully saturated rings. The predicted molar refractivity (Wildman–Crippen MR) is 140 cm³/mol. The number of aryl methyl sites for hydroxylation is 1. The number of aromatic nitrogens is 4. The number of nitrogens with one attached hydrogen (secondary N) is 2. The van der Waals surface area contributed by atoms with Gasteiger partial charge < -0.3 is 19.7 Å². The Morgan fingerprint density at radius 3 is 2.61 bits per heavy atom. The topological polar surface area (TPSA) is 97.9 Å². The van der Waals surface area contributed by atoms with E-state index in [1.165, 1.54) is 0 Å². The lowest BCUT2D eigenvalue weighted by Crippen LogP contribution is -2.20. The van der Waals surface area contributed by atoms with Crippen LogP contribution in [0.15, 0.2) is 83.8 Å². The highest BCUT2D eigenvalue weighted by Crippen LogP contribution is 2.25. The molecule has 2 N–H and O–H groups in total. The van der Waals surface area contributed by atoms with Crippen LogP contribution in [0.3, 0.4) is 0 Å². The molecule has 5 rings (SSSR count). The van der Waals surface area contributed by atoms with Crippen LogP contribution in [0.25, 0.3) is 23.0 Å². The first kappa shape index (κ1) is 23.3. The Balaban J connectivity index is 1.21. The maximum Gasteiger partial charge on any atom is 0.323 e. The molecule has 0 aliphatic heterocycles.